The lowest BCUT2D eigenvalue weighted by molar-refractivity contribution is -0.151. The van der Waals surface area contributed by atoms with Crippen LogP contribution in [0.15, 0.2) is 112 Å². The van der Waals surface area contributed by atoms with Crippen LogP contribution >= 0.6 is 12.4 Å². The number of hydrogen-bond donors (Lipinski definition) is 1. The Labute approximate surface area is 337 Å². The number of hydrogen-bond acceptors (Lipinski definition) is 11. The maximum atomic E-state index is 13.5. The number of rotatable bonds is 10. The van der Waals surface area contributed by atoms with Crippen LogP contribution in [0.25, 0.3) is 22.2 Å². The molecule has 5 atom stereocenters. The van der Waals surface area contributed by atoms with Gasteiger partial charge < -0.3 is 33.2 Å². The second-order valence-corrected chi connectivity index (χ2v) is 14.9. The fourth-order valence-electron chi connectivity index (χ4n) is 8.28. The van der Waals surface area contributed by atoms with E-state index in [-0.39, 0.29) is 30.5 Å². The van der Waals surface area contributed by atoms with E-state index in [4.69, 9.17) is 18.3 Å². The van der Waals surface area contributed by atoms with Crippen molar-refractivity contribution in [2.75, 3.05) is 29.5 Å². The summed E-state index contributed by atoms with van der Waals surface area (Å²) in [6.07, 6.45) is 11.4. The van der Waals surface area contributed by atoms with Gasteiger partial charge in [-0.3, -0.25) is 4.98 Å². The summed E-state index contributed by atoms with van der Waals surface area (Å²) in [7, 11) is 0. The third-order valence-electron chi connectivity index (χ3n) is 11.2. The molecule has 2 aliphatic heterocycles. The summed E-state index contributed by atoms with van der Waals surface area (Å²) in [4.78, 5) is 41.7. The standard InChI is InChI=1S/C31H33N3O4.C13H14N2O3.ClH/c35-30(28-11-6-7-17-34(28)31-33-27-10-4-5-12-29(27)38-31)37-26-19-23(18-22-13-15-32-16-14-22)24(20-26)21-36-25-8-2-1-3-9-25;16-12(17)10-6-3-4-8-15(10)13-14-9-5-1-2-7-11(9)18-13;/h1-5,8-10,12-16,23-24,26,28H,6-7,11,17-21H2;1-2,5,7,10H,3-4,6,8H2,(H,16,17);1H/t23?,24-,26?,28-;10-;/m00./s1. The highest BCUT2D eigenvalue weighted by molar-refractivity contribution is 5.85. The number of oxazole rings is 2. The lowest BCUT2D eigenvalue weighted by Crippen LogP contribution is -2.46. The van der Waals surface area contributed by atoms with E-state index in [2.05, 4.69) is 27.1 Å². The van der Waals surface area contributed by atoms with Gasteiger partial charge in [0.05, 0.1) is 6.61 Å². The van der Waals surface area contributed by atoms with Crippen molar-refractivity contribution >= 4 is 58.6 Å². The molecule has 13 heteroatoms. The van der Waals surface area contributed by atoms with Crippen LogP contribution in [0.3, 0.4) is 0 Å². The van der Waals surface area contributed by atoms with Gasteiger partial charge in [0.15, 0.2) is 11.2 Å². The molecule has 12 nitrogen and oxygen atoms in total. The van der Waals surface area contributed by atoms with Crippen LogP contribution in [0.2, 0.25) is 0 Å². The Balaban J connectivity index is 0.000000219. The largest absolute Gasteiger partial charge is 0.493 e. The van der Waals surface area contributed by atoms with Crippen molar-refractivity contribution in [3.05, 3.63) is 109 Å². The molecule has 3 fully saturated rings. The van der Waals surface area contributed by atoms with E-state index in [1.807, 2.05) is 96.2 Å². The molecule has 3 aromatic carbocycles. The average molecular weight is 794 g/mol. The summed E-state index contributed by atoms with van der Waals surface area (Å²) >= 11 is 0. The highest BCUT2D eigenvalue weighted by atomic mass is 35.5. The molecule has 298 valence electrons. The number of aromatic nitrogens is 3. The molecule has 0 bridgehead atoms. The monoisotopic (exact) mass is 793 g/mol. The van der Waals surface area contributed by atoms with Crippen molar-refractivity contribution in [1.82, 2.24) is 15.0 Å². The Morgan fingerprint density at radius 3 is 1.88 bits per heavy atom. The van der Waals surface area contributed by atoms with Crippen molar-refractivity contribution in [2.45, 2.75) is 76.0 Å². The predicted octanol–water partition coefficient (Wildman–Crippen LogP) is 8.53. The summed E-state index contributed by atoms with van der Waals surface area (Å²) in [6, 6.07) is 29.2. The lowest BCUT2D eigenvalue weighted by atomic mass is 9.90. The van der Waals surface area contributed by atoms with E-state index in [1.165, 1.54) is 5.56 Å². The minimum absolute atomic E-state index is 0. The number of anilines is 2. The van der Waals surface area contributed by atoms with E-state index < -0.39 is 12.0 Å². The van der Waals surface area contributed by atoms with Gasteiger partial charge in [-0.05, 0) is 124 Å². The zero-order valence-corrected chi connectivity index (χ0v) is 32.5. The molecule has 6 aromatic rings. The Bertz CT molecular complexity index is 2150. The van der Waals surface area contributed by atoms with Gasteiger partial charge in [0.1, 0.15) is 35.0 Å². The van der Waals surface area contributed by atoms with E-state index in [0.717, 1.165) is 80.3 Å². The number of nitrogens with zero attached hydrogens (tertiary/aromatic N) is 5. The molecule has 57 heavy (non-hydrogen) atoms. The summed E-state index contributed by atoms with van der Waals surface area (Å²) in [5, 5.41) is 9.23. The first-order valence-electron chi connectivity index (χ1n) is 19.7. The molecule has 0 amide bonds. The number of halogens is 1. The number of aliphatic carboxylic acids is 1. The highest BCUT2D eigenvalue weighted by Gasteiger charge is 2.40. The Kier molecular flexibility index (Phi) is 12.9. The predicted molar refractivity (Wildman–Crippen MR) is 219 cm³/mol. The summed E-state index contributed by atoms with van der Waals surface area (Å²) in [5.41, 5.74) is 4.24. The number of fused-ring (bicyclic) bond motifs is 2. The Morgan fingerprint density at radius 1 is 0.702 bits per heavy atom. The topological polar surface area (TPSA) is 144 Å². The van der Waals surface area contributed by atoms with Gasteiger partial charge in [-0.2, -0.15) is 9.97 Å². The first-order chi connectivity index (χ1) is 27.5. The summed E-state index contributed by atoms with van der Waals surface area (Å²) in [5.74, 6) is 0.534. The van der Waals surface area contributed by atoms with Gasteiger partial charge in [0.25, 0.3) is 12.0 Å². The van der Waals surface area contributed by atoms with Gasteiger partial charge >= 0.3 is 11.9 Å². The number of esters is 1. The number of carboxylic acid groups (broad SMARTS) is 1. The first kappa shape index (κ1) is 39.6. The van der Waals surface area contributed by atoms with E-state index in [0.29, 0.717) is 49.0 Å². The van der Waals surface area contributed by atoms with Crippen molar-refractivity contribution < 1.29 is 33.0 Å². The van der Waals surface area contributed by atoms with Crippen LogP contribution in [0.4, 0.5) is 12.0 Å². The van der Waals surface area contributed by atoms with Gasteiger partial charge in [-0.15, -0.1) is 12.4 Å². The average Bonchev–Trinajstić information content (AvgIpc) is 3.98. The van der Waals surface area contributed by atoms with Crippen LogP contribution < -0.4 is 14.5 Å². The second kappa shape index (κ2) is 18.5. The molecule has 3 aromatic heterocycles. The molecule has 5 heterocycles. The maximum Gasteiger partial charge on any atom is 0.329 e. The van der Waals surface area contributed by atoms with Crippen LogP contribution in [-0.2, 0) is 20.7 Å². The van der Waals surface area contributed by atoms with Crippen LogP contribution in [0.5, 0.6) is 5.75 Å². The second-order valence-electron chi connectivity index (χ2n) is 14.9. The zero-order valence-electron chi connectivity index (χ0n) is 31.7. The number of carboxylic acids is 1. The molecule has 2 saturated heterocycles. The van der Waals surface area contributed by atoms with Crippen LogP contribution in [0.1, 0.15) is 56.9 Å². The van der Waals surface area contributed by atoms with Crippen molar-refractivity contribution in [1.29, 1.82) is 0 Å². The van der Waals surface area contributed by atoms with Crippen molar-refractivity contribution in [3.63, 3.8) is 0 Å². The molecule has 3 aliphatic rings. The molecule has 1 N–H and O–H groups in total. The number of para-hydroxylation sites is 5. The molecule has 1 saturated carbocycles. The van der Waals surface area contributed by atoms with Gasteiger partial charge in [-0.1, -0.05) is 42.5 Å². The van der Waals surface area contributed by atoms with E-state index in [1.54, 1.807) is 4.90 Å². The van der Waals surface area contributed by atoms with Crippen LogP contribution in [-0.4, -0.2) is 69.9 Å². The van der Waals surface area contributed by atoms with E-state index in [9.17, 15) is 14.7 Å². The number of ether oxygens (including phenoxy) is 2. The zero-order chi connectivity index (χ0) is 38.3. The number of carbonyl (C=O) groups excluding carboxylic acids is 1. The smallest absolute Gasteiger partial charge is 0.329 e. The third-order valence-corrected chi connectivity index (χ3v) is 11.2. The maximum absolute atomic E-state index is 13.5. The summed E-state index contributed by atoms with van der Waals surface area (Å²) in [6.45, 7) is 2.02. The molecular formula is C44H48ClN5O7. The van der Waals surface area contributed by atoms with Crippen LogP contribution in [0, 0.1) is 11.8 Å². The molecule has 9 rings (SSSR count). The normalized spacial score (nSPS) is 22.0. The first-order valence-corrected chi connectivity index (χ1v) is 19.7. The molecule has 1 aliphatic carbocycles. The van der Waals surface area contributed by atoms with Crippen molar-refractivity contribution in [2.24, 2.45) is 11.8 Å². The van der Waals surface area contributed by atoms with Gasteiger partial charge in [0, 0.05) is 25.5 Å². The SMILES string of the molecule is Cl.O=C(O)[C@@H]1CCCCN1c1nc2ccccc2o1.O=C(OC1CC(Cc2ccncc2)[C@H](COc2ccccc2)C1)[C@@H]1CCCCN1c1nc2ccccc2o1. The lowest BCUT2D eigenvalue weighted by Gasteiger charge is -2.33. The molecule has 0 spiro atoms. The number of pyridine rings is 1. The number of benzene rings is 3. The minimum Gasteiger partial charge on any atom is -0.493 e. The fourth-order valence-corrected chi connectivity index (χ4v) is 8.28. The number of piperidine rings is 2. The Morgan fingerprint density at radius 2 is 1.26 bits per heavy atom. The molecular weight excluding hydrogens is 746 g/mol. The highest BCUT2D eigenvalue weighted by Crippen LogP contribution is 2.38. The third kappa shape index (κ3) is 9.51. The van der Waals surface area contributed by atoms with Gasteiger partial charge in [-0.25, -0.2) is 9.59 Å². The van der Waals surface area contributed by atoms with Crippen molar-refractivity contribution in [3.8, 4) is 5.75 Å². The number of carbonyl (C=O) groups is 2. The Hall–Kier alpha value is -5.62. The quantitative estimate of drug-likeness (QED) is 0.133. The summed E-state index contributed by atoms with van der Waals surface area (Å²) < 4.78 is 24.0. The van der Waals surface area contributed by atoms with Gasteiger partial charge in [0.2, 0.25) is 0 Å². The fraction of sp³-hybridized carbons (Fsp3) is 0.386. The molecule has 2 unspecified atom stereocenters. The molecule has 0 radical (unpaired) electrons. The van der Waals surface area contributed by atoms with E-state index >= 15 is 0 Å². The minimum atomic E-state index is -0.808.